The predicted octanol–water partition coefficient (Wildman–Crippen LogP) is 1.11. The molecule has 0 spiro atoms. The number of unbranched alkanes of at least 4 members (excludes halogenated alkanes) is 1. The molecule has 166 valence electrons. The van der Waals surface area contributed by atoms with Gasteiger partial charge >= 0.3 is 0 Å². The molecule has 0 fully saturated rings. The van der Waals surface area contributed by atoms with Crippen LogP contribution in [0.25, 0.3) is 0 Å². The second-order valence-corrected chi connectivity index (χ2v) is 11.2. The largest absolute Gasteiger partial charge is 0.352 e. The molecular weight excluding hydrogens is 501 g/mol. The summed E-state index contributed by atoms with van der Waals surface area (Å²) in [6.45, 7) is 0.532. The van der Waals surface area contributed by atoms with E-state index in [1.54, 1.807) is 36.9 Å². The number of aromatic nitrogens is 8. The Balaban J connectivity index is 1.53. The number of carbonyl (C=O) groups excluding carboxylic acids is 1. The van der Waals surface area contributed by atoms with Crippen LogP contribution in [-0.4, -0.2) is 58.9 Å². The van der Waals surface area contributed by atoms with E-state index in [1.807, 2.05) is 18.2 Å². The van der Waals surface area contributed by atoms with Crippen LogP contribution in [0.1, 0.15) is 23.2 Å². The first-order valence-electron chi connectivity index (χ1n) is 10.2. The standard InChI is InChI=1S/C21H19BrN9OP/c22-17-4-3-16(13-26-17)21(32)25-8-1-2-12-33(18-5-9-23-14-27-18,19-6-10-24-15-28-19)20-7-11-29-31-30-20/h3-7,9-11,13-15H,1-2,8,12H2/p+1/i22-4. The number of hydrogen-bond acceptors (Lipinski definition) is 9. The fraction of sp³-hybridized carbons (Fsp3) is 0.190. The van der Waals surface area contributed by atoms with Gasteiger partial charge < -0.3 is 5.32 Å². The lowest BCUT2D eigenvalue weighted by Gasteiger charge is -2.23. The van der Waals surface area contributed by atoms with E-state index in [4.69, 9.17) is 0 Å². The van der Waals surface area contributed by atoms with E-state index in [0.29, 0.717) is 16.7 Å². The van der Waals surface area contributed by atoms with Gasteiger partial charge in [0.1, 0.15) is 17.3 Å². The van der Waals surface area contributed by atoms with Gasteiger partial charge in [-0.1, -0.05) is 5.10 Å². The molecule has 0 aliphatic rings. The zero-order valence-electron chi connectivity index (χ0n) is 17.5. The number of rotatable bonds is 9. The highest BCUT2D eigenvalue weighted by Gasteiger charge is 2.50. The van der Waals surface area contributed by atoms with Gasteiger partial charge in [0.2, 0.25) is 5.44 Å². The highest BCUT2D eigenvalue weighted by atomic mass is 75.9. The van der Waals surface area contributed by atoms with Crippen LogP contribution in [-0.2, 0) is 0 Å². The zero-order chi connectivity index (χ0) is 22.9. The topological polar surface area (TPSA) is 132 Å². The van der Waals surface area contributed by atoms with Crippen molar-refractivity contribution in [3.8, 4) is 0 Å². The van der Waals surface area contributed by atoms with Crippen molar-refractivity contribution >= 4 is 45.4 Å². The van der Waals surface area contributed by atoms with E-state index in [0.717, 1.165) is 35.3 Å². The van der Waals surface area contributed by atoms with Gasteiger partial charge in [0.25, 0.3) is 5.91 Å². The molecule has 0 aliphatic heterocycles. The predicted molar refractivity (Wildman–Crippen MR) is 128 cm³/mol. The van der Waals surface area contributed by atoms with E-state index in [1.165, 1.54) is 12.7 Å². The zero-order valence-corrected chi connectivity index (χ0v) is 20.0. The van der Waals surface area contributed by atoms with Gasteiger partial charge in [-0.05, 0) is 46.1 Å². The van der Waals surface area contributed by atoms with Crippen molar-refractivity contribution in [2.24, 2.45) is 0 Å². The molecule has 0 atom stereocenters. The quantitative estimate of drug-likeness (QED) is 0.195. The minimum Gasteiger partial charge on any atom is -0.352 e. The summed E-state index contributed by atoms with van der Waals surface area (Å²) in [7, 11) is -2.32. The molecule has 4 heterocycles. The Morgan fingerprint density at radius 1 is 0.879 bits per heavy atom. The third-order valence-electron chi connectivity index (χ3n) is 4.99. The van der Waals surface area contributed by atoms with Crippen molar-refractivity contribution in [3.63, 3.8) is 0 Å². The van der Waals surface area contributed by atoms with Crippen LogP contribution in [0.4, 0.5) is 0 Å². The molecule has 0 saturated heterocycles. The van der Waals surface area contributed by atoms with Crippen LogP contribution < -0.4 is 21.6 Å². The minimum absolute atomic E-state index is 0.150. The summed E-state index contributed by atoms with van der Waals surface area (Å²) < 4.78 is 0.688. The number of halogens is 1. The molecule has 0 unspecified atom stereocenters. The van der Waals surface area contributed by atoms with Gasteiger partial charge in [-0.15, -0.1) is 5.10 Å². The van der Waals surface area contributed by atoms with Crippen molar-refractivity contribution in [1.82, 2.24) is 45.6 Å². The summed E-state index contributed by atoms with van der Waals surface area (Å²) >= 11 is 3.27. The van der Waals surface area contributed by atoms with Gasteiger partial charge in [-0.2, -0.15) is 0 Å². The van der Waals surface area contributed by atoms with E-state index < -0.39 is 7.26 Å². The molecular formula is C21H20BrN9OP+. The van der Waals surface area contributed by atoms with Gasteiger partial charge in [0.15, 0.2) is 18.1 Å². The van der Waals surface area contributed by atoms with Crippen molar-refractivity contribution in [2.45, 2.75) is 12.8 Å². The number of amides is 1. The second-order valence-electron chi connectivity index (χ2n) is 6.98. The van der Waals surface area contributed by atoms with Gasteiger partial charge in [0, 0.05) is 43.3 Å². The Kier molecular flexibility index (Phi) is 7.64. The molecule has 0 radical (unpaired) electrons. The van der Waals surface area contributed by atoms with Crippen LogP contribution >= 0.6 is 23.2 Å². The molecule has 0 saturated carbocycles. The summed E-state index contributed by atoms with van der Waals surface area (Å²) in [6, 6.07) is 9.15. The Labute approximate surface area is 199 Å². The Hall–Kier alpha value is -3.30. The Morgan fingerprint density at radius 3 is 2.18 bits per heavy atom. The first kappa shape index (κ1) is 22.9. The summed E-state index contributed by atoms with van der Waals surface area (Å²) in [5.74, 6) is -0.150. The van der Waals surface area contributed by atoms with Crippen LogP contribution in [0.15, 0.2) is 72.4 Å². The average molecular weight is 521 g/mol. The van der Waals surface area contributed by atoms with Crippen molar-refractivity contribution < 1.29 is 4.79 Å². The molecule has 4 aromatic rings. The molecule has 4 rings (SSSR count). The molecule has 0 aromatic carbocycles. The molecule has 33 heavy (non-hydrogen) atoms. The Morgan fingerprint density at radius 2 is 1.61 bits per heavy atom. The van der Waals surface area contributed by atoms with E-state index in [9.17, 15) is 4.79 Å². The normalized spacial score (nSPS) is 11.2. The minimum atomic E-state index is -2.32. The fourth-order valence-electron chi connectivity index (χ4n) is 3.44. The number of pyridine rings is 1. The van der Waals surface area contributed by atoms with Crippen LogP contribution in [0, 0.1) is 0 Å². The van der Waals surface area contributed by atoms with Gasteiger partial charge in [-0.3, -0.25) is 4.79 Å². The molecule has 0 bridgehead atoms. The van der Waals surface area contributed by atoms with Crippen molar-refractivity contribution in [2.75, 3.05) is 12.7 Å². The van der Waals surface area contributed by atoms with Crippen LogP contribution in [0.5, 0.6) is 0 Å². The van der Waals surface area contributed by atoms with E-state index >= 15 is 0 Å². The number of carbonyl (C=O) groups is 1. The lowest BCUT2D eigenvalue weighted by atomic mass is 10.2. The maximum Gasteiger partial charge on any atom is 0.252 e. The first-order valence-corrected chi connectivity index (χ1v) is 12.9. The highest BCUT2D eigenvalue weighted by molar-refractivity contribution is 9.10. The van der Waals surface area contributed by atoms with E-state index in [-0.39, 0.29) is 5.91 Å². The summed E-state index contributed by atoms with van der Waals surface area (Å²) in [5.41, 5.74) is 3.04. The molecule has 12 heteroatoms. The monoisotopic (exact) mass is 521 g/mol. The molecule has 4 aromatic heterocycles. The third kappa shape index (κ3) is 5.37. The van der Waals surface area contributed by atoms with Crippen molar-refractivity contribution in [3.05, 3.63) is 77.9 Å². The molecule has 10 nitrogen and oxygen atoms in total. The summed E-state index contributed by atoms with van der Waals surface area (Å²) in [6.07, 6.45) is 12.0. The molecule has 1 N–H and O–H groups in total. The number of hydrogen-bond donors (Lipinski definition) is 1. The smallest absolute Gasteiger partial charge is 0.252 e. The summed E-state index contributed by atoms with van der Waals surface area (Å²) in [4.78, 5) is 33.8. The van der Waals surface area contributed by atoms with Crippen molar-refractivity contribution in [1.29, 1.82) is 0 Å². The van der Waals surface area contributed by atoms with Crippen LogP contribution in [0.2, 0.25) is 0 Å². The molecule has 0 aliphatic carbocycles. The number of nitrogens with one attached hydrogen (secondary N) is 1. The van der Waals surface area contributed by atoms with Gasteiger partial charge in [0.05, 0.1) is 17.9 Å². The SMILES string of the molecule is O=C(NCCCC[P+](c1ccncn1)(c1ccncn1)c1ccnnn1)c1ccc([76Br])nc1. The third-order valence-corrected chi connectivity index (χ3v) is 9.56. The number of nitrogens with zero attached hydrogens (tertiary/aromatic N) is 8. The lowest BCUT2D eigenvalue weighted by Crippen LogP contribution is -2.38. The maximum atomic E-state index is 12.4. The lowest BCUT2D eigenvalue weighted by molar-refractivity contribution is 0.0953. The highest BCUT2D eigenvalue weighted by Crippen LogP contribution is 2.53. The van der Waals surface area contributed by atoms with Gasteiger partial charge in [-0.25, -0.2) is 24.9 Å². The average Bonchev–Trinajstić information content (AvgIpc) is 2.88. The first-order chi connectivity index (χ1) is 16.2. The molecule has 1 amide bonds. The maximum absolute atomic E-state index is 12.4. The second kappa shape index (κ2) is 11.0. The van der Waals surface area contributed by atoms with Crippen LogP contribution in [0.3, 0.4) is 0 Å². The summed E-state index contributed by atoms with van der Waals surface area (Å²) in [5, 5.41) is 15.0. The Bertz CT molecular complexity index is 1070. The van der Waals surface area contributed by atoms with E-state index in [2.05, 4.69) is 61.6 Å². The fourth-order valence-corrected chi connectivity index (χ4v) is 7.42.